The van der Waals surface area contributed by atoms with Crippen molar-refractivity contribution < 1.29 is 4.74 Å². The van der Waals surface area contributed by atoms with Crippen molar-refractivity contribution in [2.45, 2.75) is 53.1 Å². The van der Waals surface area contributed by atoms with Gasteiger partial charge in [0.25, 0.3) is 0 Å². The van der Waals surface area contributed by atoms with Crippen LogP contribution in [0, 0.1) is 11.3 Å². The van der Waals surface area contributed by atoms with Gasteiger partial charge in [-0.15, -0.1) is 0 Å². The summed E-state index contributed by atoms with van der Waals surface area (Å²) in [5, 5.41) is 3.52. The second-order valence-electron chi connectivity index (χ2n) is 4.97. The van der Waals surface area contributed by atoms with E-state index < -0.39 is 0 Å². The topological polar surface area (TPSA) is 21.3 Å². The first-order chi connectivity index (χ1) is 7.17. The van der Waals surface area contributed by atoms with E-state index in [1.807, 2.05) is 0 Å². The Kier molecular flexibility index (Phi) is 5.07. The lowest BCUT2D eigenvalue weighted by molar-refractivity contribution is 0.0301. The molecule has 0 amide bonds. The van der Waals surface area contributed by atoms with E-state index >= 15 is 0 Å². The number of hydrogen-bond acceptors (Lipinski definition) is 2. The van der Waals surface area contributed by atoms with Gasteiger partial charge in [0.1, 0.15) is 0 Å². The maximum Gasteiger partial charge on any atom is 0.0618 e. The van der Waals surface area contributed by atoms with Crippen LogP contribution in [-0.2, 0) is 4.74 Å². The van der Waals surface area contributed by atoms with Gasteiger partial charge >= 0.3 is 0 Å². The molecule has 0 saturated carbocycles. The molecule has 90 valence electrons. The van der Waals surface area contributed by atoms with Crippen LogP contribution in [0.4, 0.5) is 0 Å². The summed E-state index contributed by atoms with van der Waals surface area (Å²) < 4.78 is 5.79. The molecule has 0 radical (unpaired) electrons. The number of nitrogens with one attached hydrogen (secondary N) is 1. The molecule has 1 heterocycles. The second kappa shape index (κ2) is 5.86. The zero-order valence-electron chi connectivity index (χ0n) is 10.8. The molecule has 1 aliphatic rings. The van der Waals surface area contributed by atoms with Crippen molar-refractivity contribution in [2.75, 3.05) is 19.7 Å². The Morgan fingerprint density at radius 1 is 1.47 bits per heavy atom. The van der Waals surface area contributed by atoms with E-state index in [0.29, 0.717) is 11.5 Å². The lowest BCUT2D eigenvalue weighted by atomic mass is 9.69. The third-order valence-electron chi connectivity index (χ3n) is 4.15. The summed E-state index contributed by atoms with van der Waals surface area (Å²) >= 11 is 0. The molecule has 1 aliphatic heterocycles. The molecular weight excluding hydrogens is 186 g/mol. The van der Waals surface area contributed by atoms with Crippen molar-refractivity contribution in [1.82, 2.24) is 5.32 Å². The van der Waals surface area contributed by atoms with Gasteiger partial charge in [-0.05, 0) is 25.8 Å². The van der Waals surface area contributed by atoms with Crippen LogP contribution in [-0.4, -0.2) is 25.8 Å². The zero-order valence-corrected chi connectivity index (χ0v) is 10.8. The SMILES string of the molecule is CCCC(C)C1(CNCC)CCOC1C. The van der Waals surface area contributed by atoms with Gasteiger partial charge in [0.15, 0.2) is 0 Å². The third kappa shape index (κ3) is 2.73. The number of rotatable bonds is 6. The van der Waals surface area contributed by atoms with Gasteiger partial charge in [-0.25, -0.2) is 0 Å². The molecule has 2 nitrogen and oxygen atoms in total. The fraction of sp³-hybridized carbons (Fsp3) is 1.00. The molecule has 0 aromatic rings. The molecule has 0 aliphatic carbocycles. The van der Waals surface area contributed by atoms with Crippen molar-refractivity contribution >= 4 is 0 Å². The van der Waals surface area contributed by atoms with Crippen LogP contribution >= 0.6 is 0 Å². The van der Waals surface area contributed by atoms with E-state index in [1.54, 1.807) is 0 Å². The monoisotopic (exact) mass is 213 g/mol. The Labute approximate surface area is 94.8 Å². The van der Waals surface area contributed by atoms with Crippen LogP contribution in [0.2, 0.25) is 0 Å². The summed E-state index contributed by atoms with van der Waals surface area (Å²) in [5.41, 5.74) is 0.381. The van der Waals surface area contributed by atoms with Crippen LogP contribution in [0.15, 0.2) is 0 Å². The van der Waals surface area contributed by atoms with Crippen molar-refractivity contribution in [3.05, 3.63) is 0 Å². The van der Waals surface area contributed by atoms with Crippen LogP contribution in [0.1, 0.15) is 47.0 Å². The Bertz CT molecular complexity index is 183. The molecule has 3 atom stereocenters. The molecular formula is C13H27NO. The highest BCUT2D eigenvalue weighted by molar-refractivity contribution is 4.94. The van der Waals surface area contributed by atoms with Gasteiger partial charge in [-0.1, -0.05) is 33.6 Å². The molecule has 2 heteroatoms. The molecule has 0 aromatic heterocycles. The van der Waals surface area contributed by atoms with Crippen LogP contribution in [0.25, 0.3) is 0 Å². The lowest BCUT2D eigenvalue weighted by Gasteiger charge is -2.38. The molecule has 0 aromatic carbocycles. The summed E-state index contributed by atoms with van der Waals surface area (Å²) in [5.74, 6) is 0.763. The first-order valence-corrected chi connectivity index (χ1v) is 6.49. The van der Waals surface area contributed by atoms with Crippen LogP contribution in [0.3, 0.4) is 0 Å². The largest absolute Gasteiger partial charge is 0.378 e. The van der Waals surface area contributed by atoms with Crippen LogP contribution < -0.4 is 5.32 Å². The van der Waals surface area contributed by atoms with E-state index in [2.05, 4.69) is 33.0 Å². The number of hydrogen-bond donors (Lipinski definition) is 1. The molecule has 0 bridgehead atoms. The fourth-order valence-electron chi connectivity index (χ4n) is 2.93. The predicted octanol–water partition coefficient (Wildman–Crippen LogP) is 2.83. The minimum Gasteiger partial charge on any atom is -0.378 e. The summed E-state index contributed by atoms with van der Waals surface area (Å²) in [6.45, 7) is 12.2. The normalized spacial score (nSPS) is 33.2. The highest BCUT2D eigenvalue weighted by Crippen LogP contribution is 2.43. The first kappa shape index (κ1) is 13.0. The Hall–Kier alpha value is -0.0800. The molecule has 15 heavy (non-hydrogen) atoms. The number of ether oxygens (including phenoxy) is 1. The van der Waals surface area contributed by atoms with Crippen LogP contribution in [0.5, 0.6) is 0 Å². The van der Waals surface area contributed by atoms with E-state index in [-0.39, 0.29) is 0 Å². The predicted molar refractivity (Wildman–Crippen MR) is 65.1 cm³/mol. The second-order valence-corrected chi connectivity index (χ2v) is 4.97. The third-order valence-corrected chi connectivity index (χ3v) is 4.15. The van der Waals surface area contributed by atoms with E-state index in [4.69, 9.17) is 4.74 Å². The standard InChI is InChI=1S/C13H27NO/c1-5-7-11(3)13(10-14-6-2)8-9-15-12(13)4/h11-12,14H,5-10H2,1-4H3. The van der Waals surface area contributed by atoms with Crippen molar-refractivity contribution in [3.8, 4) is 0 Å². The molecule has 1 N–H and O–H groups in total. The van der Waals surface area contributed by atoms with E-state index in [1.165, 1.54) is 19.3 Å². The fourth-order valence-corrected chi connectivity index (χ4v) is 2.93. The van der Waals surface area contributed by atoms with Gasteiger partial charge in [-0.2, -0.15) is 0 Å². The first-order valence-electron chi connectivity index (χ1n) is 6.49. The highest BCUT2D eigenvalue weighted by Gasteiger charge is 2.44. The maximum atomic E-state index is 5.79. The Balaban J connectivity index is 2.66. The average molecular weight is 213 g/mol. The molecule has 1 rings (SSSR count). The lowest BCUT2D eigenvalue weighted by Crippen LogP contribution is -2.44. The van der Waals surface area contributed by atoms with Gasteiger partial charge < -0.3 is 10.1 Å². The Morgan fingerprint density at radius 3 is 2.67 bits per heavy atom. The quantitative estimate of drug-likeness (QED) is 0.732. The van der Waals surface area contributed by atoms with Crippen molar-refractivity contribution in [2.24, 2.45) is 11.3 Å². The minimum absolute atomic E-state index is 0.381. The molecule has 3 unspecified atom stereocenters. The molecule has 1 saturated heterocycles. The summed E-state index contributed by atoms with van der Waals surface area (Å²) in [7, 11) is 0. The van der Waals surface area contributed by atoms with Gasteiger partial charge in [0.2, 0.25) is 0 Å². The smallest absolute Gasteiger partial charge is 0.0618 e. The Morgan fingerprint density at radius 2 is 2.20 bits per heavy atom. The molecule has 0 spiro atoms. The zero-order chi connectivity index (χ0) is 11.3. The van der Waals surface area contributed by atoms with Gasteiger partial charge in [0, 0.05) is 18.6 Å². The van der Waals surface area contributed by atoms with Crippen molar-refractivity contribution in [3.63, 3.8) is 0 Å². The van der Waals surface area contributed by atoms with Gasteiger partial charge in [-0.3, -0.25) is 0 Å². The van der Waals surface area contributed by atoms with Crippen molar-refractivity contribution in [1.29, 1.82) is 0 Å². The summed E-state index contributed by atoms with van der Waals surface area (Å²) in [4.78, 5) is 0. The summed E-state index contributed by atoms with van der Waals surface area (Å²) in [6.07, 6.45) is 4.24. The summed E-state index contributed by atoms with van der Waals surface area (Å²) in [6, 6.07) is 0. The molecule has 1 fully saturated rings. The average Bonchev–Trinajstić information content (AvgIpc) is 2.58. The van der Waals surface area contributed by atoms with E-state index in [9.17, 15) is 0 Å². The van der Waals surface area contributed by atoms with Gasteiger partial charge in [0.05, 0.1) is 6.10 Å². The minimum atomic E-state index is 0.381. The maximum absolute atomic E-state index is 5.79. The van der Waals surface area contributed by atoms with E-state index in [0.717, 1.165) is 25.6 Å². The highest BCUT2D eigenvalue weighted by atomic mass is 16.5.